The van der Waals surface area contributed by atoms with Crippen molar-refractivity contribution in [2.45, 2.75) is 38.6 Å². The molecule has 4 nitrogen and oxygen atoms in total. The summed E-state index contributed by atoms with van der Waals surface area (Å²) in [6, 6.07) is 0.676. The first-order chi connectivity index (χ1) is 8.21. The van der Waals surface area contributed by atoms with Crippen LogP contribution in [0.25, 0.3) is 0 Å². The van der Waals surface area contributed by atoms with Crippen molar-refractivity contribution in [2.24, 2.45) is 5.92 Å². The summed E-state index contributed by atoms with van der Waals surface area (Å²) in [5.41, 5.74) is 0. The maximum absolute atomic E-state index is 11.1. The summed E-state index contributed by atoms with van der Waals surface area (Å²) in [6.45, 7) is 5.66. The minimum absolute atomic E-state index is 0.155. The lowest BCUT2D eigenvalue weighted by molar-refractivity contribution is -0.120. The quantitative estimate of drug-likeness (QED) is 0.724. The molecule has 0 radical (unpaired) electrons. The van der Waals surface area contributed by atoms with E-state index in [1.165, 1.54) is 19.4 Å². The van der Waals surface area contributed by atoms with Gasteiger partial charge in [-0.3, -0.25) is 4.79 Å². The minimum atomic E-state index is 0.155. The maximum Gasteiger partial charge on any atom is 0.219 e. The summed E-state index contributed by atoms with van der Waals surface area (Å²) in [6.07, 6.45) is 4.09. The van der Waals surface area contributed by atoms with Crippen LogP contribution in [0.1, 0.15) is 32.6 Å². The van der Waals surface area contributed by atoms with Gasteiger partial charge in [0.1, 0.15) is 0 Å². The van der Waals surface area contributed by atoms with Crippen LogP contribution in [0.4, 0.5) is 0 Å². The summed E-state index contributed by atoms with van der Waals surface area (Å²) in [4.78, 5) is 13.6. The third-order valence-electron chi connectivity index (χ3n) is 3.87. The molecule has 2 unspecified atom stereocenters. The Kier molecular flexibility index (Phi) is 6.52. The maximum atomic E-state index is 11.1. The van der Waals surface area contributed by atoms with Crippen LogP contribution >= 0.6 is 0 Å². The van der Waals surface area contributed by atoms with Crippen LogP contribution in [0.2, 0.25) is 0 Å². The van der Waals surface area contributed by atoms with Crippen molar-refractivity contribution in [3.05, 3.63) is 0 Å². The lowest BCUT2D eigenvalue weighted by Gasteiger charge is -2.38. The number of amides is 1. The molecule has 1 amide bonds. The molecule has 0 aromatic heterocycles. The molecule has 1 heterocycles. The molecule has 1 saturated heterocycles. The highest BCUT2D eigenvalue weighted by molar-refractivity contribution is 5.75. The Bertz CT molecular complexity index is 233. The van der Waals surface area contributed by atoms with Gasteiger partial charge in [-0.2, -0.15) is 0 Å². The Morgan fingerprint density at radius 2 is 2.18 bits per heavy atom. The van der Waals surface area contributed by atoms with Gasteiger partial charge < -0.3 is 15.5 Å². The number of hydrogen-bond donors (Lipinski definition) is 2. The zero-order chi connectivity index (χ0) is 12.7. The van der Waals surface area contributed by atoms with Gasteiger partial charge in [-0.1, -0.05) is 13.3 Å². The Hall–Kier alpha value is -0.610. The van der Waals surface area contributed by atoms with Crippen molar-refractivity contribution in [1.82, 2.24) is 15.5 Å². The van der Waals surface area contributed by atoms with Gasteiger partial charge in [-0.05, 0) is 38.9 Å². The molecule has 1 aliphatic rings. The summed E-state index contributed by atoms with van der Waals surface area (Å²) >= 11 is 0. The van der Waals surface area contributed by atoms with Crippen molar-refractivity contribution >= 4 is 5.91 Å². The normalized spacial score (nSPS) is 25.8. The highest BCUT2D eigenvalue weighted by atomic mass is 16.1. The molecule has 4 heteroatoms. The Labute approximate surface area is 105 Å². The Morgan fingerprint density at radius 3 is 2.76 bits per heavy atom. The second-order valence-corrected chi connectivity index (χ2v) is 4.93. The molecule has 0 aromatic carbocycles. The monoisotopic (exact) mass is 241 g/mol. The molecule has 2 atom stereocenters. The molecule has 1 rings (SSSR count). The molecule has 0 aliphatic carbocycles. The third kappa shape index (κ3) is 4.64. The standard InChI is InChI=1S/C13H27N3O/c1-4-11-10-16(9-7-12(11)14-2)8-5-6-13(17)15-3/h11-12,14H,4-10H2,1-3H3,(H,15,17). The smallest absolute Gasteiger partial charge is 0.219 e. The van der Waals surface area contributed by atoms with Crippen molar-refractivity contribution in [3.63, 3.8) is 0 Å². The van der Waals surface area contributed by atoms with Gasteiger partial charge in [0.2, 0.25) is 5.91 Å². The largest absolute Gasteiger partial charge is 0.359 e. The van der Waals surface area contributed by atoms with E-state index in [0.29, 0.717) is 12.5 Å². The molecular weight excluding hydrogens is 214 g/mol. The predicted molar refractivity (Wildman–Crippen MR) is 71.0 cm³/mol. The van der Waals surface area contributed by atoms with Crippen LogP contribution in [-0.2, 0) is 4.79 Å². The van der Waals surface area contributed by atoms with Crippen molar-refractivity contribution in [3.8, 4) is 0 Å². The van der Waals surface area contributed by atoms with Crippen LogP contribution in [0, 0.1) is 5.92 Å². The number of carbonyl (C=O) groups excluding carboxylic acids is 1. The zero-order valence-corrected chi connectivity index (χ0v) is 11.5. The van der Waals surface area contributed by atoms with E-state index in [1.807, 2.05) is 0 Å². The zero-order valence-electron chi connectivity index (χ0n) is 11.5. The lowest BCUT2D eigenvalue weighted by Crippen LogP contribution is -2.48. The molecule has 1 fully saturated rings. The molecule has 0 spiro atoms. The summed E-state index contributed by atoms with van der Waals surface area (Å²) in [5.74, 6) is 0.913. The molecular formula is C13H27N3O. The minimum Gasteiger partial charge on any atom is -0.359 e. The van der Waals surface area contributed by atoms with Gasteiger partial charge in [0.25, 0.3) is 0 Å². The van der Waals surface area contributed by atoms with E-state index < -0.39 is 0 Å². The first-order valence-electron chi connectivity index (χ1n) is 6.81. The van der Waals surface area contributed by atoms with Gasteiger partial charge >= 0.3 is 0 Å². The molecule has 17 heavy (non-hydrogen) atoms. The predicted octanol–water partition coefficient (Wildman–Crippen LogP) is 0.833. The summed E-state index contributed by atoms with van der Waals surface area (Å²) in [5, 5.41) is 6.09. The fourth-order valence-electron chi connectivity index (χ4n) is 2.69. The average molecular weight is 241 g/mol. The van der Waals surface area contributed by atoms with Gasteiger partial charge in [-0.15, -0.1) is 0 Å². The number of likely N-dealkylation sites (tertiary alicyclic amines) is 1. The number of carbonyl (C=O) groups is 1. The molecule has 100 valence electrons. The van der Waals surface area contributed by atoms with E-state index in [2.05, 4.69) is 29.5 Å². The second-order valence-electron chi connectivity index (χ2n) is 4.93. The topological polar surface area (TPSA) is 44.4 Å². The van der Waals surface area contributed by atoms with Crippen LogP contribution in [0.5, 0.6) is 0 Å². The summed E-state index contributed by atoms with van der Waals surface area (Å²) in [7, 11) is 3.77. The van der Waals surface area contributed by atoms with Crippen LogP contribution in [-0.4, -0.2) is 50.6 Å². The SMILES string of the molecule is CCC1CN(CCCC(=O)NC)CCC1NC. The molecule has 0 saturated carbocycles. The number of nitrogens with zero attached hydrogens (tertiary/aromatic N) is 1. The van der Waals surface area contributed by atoms with Crippen LogP contribution < -0.4 is 10.6 Å². The first kappa shape index (κ1) is 14.5. The van der Waals surface area contributed by atoms with Crippen LogP contribution in [0.15, 0.2) is 0 Å². The second kappa shape index (κ2) is 7.67. The Balaban J connectivity index is 2.25. The highest BCUT2D eigenvalue weighted by Crippen LogP contribution is 2.20. The molecule has 0 aromatic rings. The van der Waals surface area contributed by atoms with E-state index in [4.69, 9.17) is 0 Å². The van der Waals surface area contributed by atoms with Crippen LogP contribution in [0.3, 0.4) is 0 Å². The van der Waals surface area contributed by atoms with Crippen molar-refractivity contribution < 1.29 is 4.79 Å². The molecule has 0 bridgehead atoms. The van der Waals surface area contributed by atoms with E-state index in [9.17, 15) is 4.79 Å². The number of piperidine rings is 1. The molecule has 2 N–H and O–H groups in total. The molecule has 1 aliphatic heterocycles. The van der Waals surface area contributed by atoms with E-state index in [-0.39, 0.29) is 5.91 Å². The van der Waals surface area contributed by atoms with Gasteiger partial charge in [0, 0.05) is 26.1 Å². The summed E-state index contributed by atoms with van der Waals surface area (Å²) < 4.78 is 0. The van der Waals surface area contributed by atoms with Crippen molar-refractivity contribution in [2.75, 3.05) is 33.7 Å². The highest BCUT2D eigenvalue weighted by Gasteiger charge is 2.26. The average Bonchev–Trinajstić information content (AvgIpc) is 2.38. The number of rotatable bonds is 6. The van der Waals surface area contributed by atoms with Gasteiger partial charge in [0.05, 0.1) is 0 Å². The fraction of sp³-hybridized carbons (Fsp3) is 0.923. The van der Waals surface area contributed by atoms with E-state index in [1.54, 1.807) is 7.05 Å². The lowest BCUT2D eigenvalue weighted by atomic mass is 9.90. The van der Waals surface area contributed by atoms with Crippen molar-refractivity contribution in [1.29, 1.82) is 0 Å². The third-order valence-corrected chi connectivity index (χ3v) is 3.87. The Morgan fingerprint density at radius 1 is 1.41 bits per heavy atom. The van der Waals surface area contributed by atoms with E-state index >= 15 is 0 Å². The van der Waals surface area contributed by atoms with E-state index in [0.717, 1.165) is 25.4 Å². The fourth-order valence-corrected chi connectivity index (χ4v) is 2.69. The first-order valence-corrected chi connectivity index (χ1v) is 6.81. The number of nitrogens with one attached hydrogen (secondary N) is 2. The number of hydrogen-bond acceptors (Lipinski definition) is 3. The van der Waals surface area contributed by atoms with Gasteiger partial charge in [0.15, 0.2) is 0 Å². The van der Waals surface area contributed by atoms with Gasteiger partial charge in [-0.25, -0.2) is 0 Å².